The summed E-state index contributed by atoms with van der Waals surface area (Å²) < 4.78 is 25.1. The smallest absolute Gasteiger partial charge is 0.249 e. The van der Waals surface area contributed by atoms with E-state index in [0.717, 1.165) is 12.8 Å². The van der Waals surface area contributed by atoms with Crippen LogP contribution in [0.2, 0.25) is 0 Å². The van der Waals surface area contributed by atoms with Crippen LogP contribution in [-0.4, -0.2) is 11.7 Å². The molecule has 1 rings (SSSR count). The van der Waals surface area contributed by atoms with Crippen LogP contribution in [0, 0.1) is 23.2 Å². The van der Waals surface area contributed by atoms with Crippen molar-refractivity contribution in [3.63, 3.8) is 0 Å². The molecule has 0 N–H and O–H groups in total. The highest BCUT2D eigenvalue weighted by Crippen LogP contribution is 2.44. The van der Waals surface area contributed by atoms with Crippen LogP contribution in [0.25, 0.3) is 0 Å². The van der Waals surface area contributed by atoms with Gasteiger partial charge in [0.2, 0.25) is 5.92 Å². The summed E-state index contributed by atoms with van der Waals surface area (Å²) in [6.07, 6.45) is 1.49. The monoisotopic (exact) mass is 215 g/mol. The van der Waals surface area contributed by atoms with Gasteiger partial charge in [0, 0.05) is 18.8 Å². The average molecular weight is 215 g/mol. The summed E-state index contributed by atoms with van der Waals surface area (Å²) in [5.74, 6) is -4.21. The normalized spacial score (nSPS) is 21.5. The molecule has 0 spiro atoms. The molecular formula is C11H15F2NO. The number of nitriles is 1. The molecule has 1 atom stereocenters. The standard InChI is InChI=1S/C11H15F2NO/c1-2-3-4-8(7-14)10(15)9-5-11(12,13)6-9/h8-9H,2-6H2,1H3. The molecule has 0 bridgehead atoms. The fourth-order valence-corrected chi connectivity index (χ4v) is 1.83. The van der Waals surface area contributed by atoms with Crippen molar-refractivity contribution >= 4 is 5.78 Å². The third kappa shape index (κ3) is 2.98. The van der Waals surface area contributed by atoms with Crippen molar-refractivity contribution in [2.75, 3.05) is 0 Å². The van der Waals surface area contributed by atoms with Crippen molar-refractivity contribution in [3.05, 3.63) is 0 Å². The maximum Gasteiger partial charge on any atom is 0.249 e. The fraction of sp³-hybridized carbons (Fsp3) is 0.818. The molecule has 0 aromatic carbocycles. The minimum Gasteiger partial charge on any atom is -0.298 e. The summed E-state index contributed by atoms with van der Waals surface area (Å²) in [5, 5.41) is 8.76. The Morgan fingerprint density at radius 1 is 1.60 bits per heavy atom. The van der Waals surface area contributed by atoms with E-state index in [-0.39, 0.29) is 18.6 Å². The molecule has 1 aliphatic rings. The van der Waals surface area contributed by atoms with Gasteiger partial charge in [-0.25, -0.2) is 8.78 Å². The summed E-state index contributed by atoms with van der Waals surface area (Å²) in [6, 6.07) is 1.92. The first-order valence-electron chi connectivity index (χ1n) is 5.31. The zero-order valence-corrected chi connectivity index (χ0v) is 8.80. The molecule has 0 aromatic heterocycles. The minimum absolute atomic E-state index is 0.281. The number of carbonyl (C=O) groups is 1. The number of rotatable bonds is 5. The number of carbonyl (C=O) groups excluding carboxylic acids is 1. The van der Waals surface area contributed by atoms with E-state index in [2.05, 4.69) is 0 Å². The quantitative estimate of drug-likeness (QED) is 0.707. The van der Waals surface area contributed by atoms with Crippen molar-refractivity contribution < 1.29 is 13.6 Å². The second-order valence-corrected chi connectivity index (χ2v) is 4.19. The molecule has 1 aliphatic carbocycles. The molecule has 0 amide bonds. The largest absolute Gasteiger partial charge is 0.298 e. The first-order valence-corrected chi connectivity index (χ1v) is 5.31. The van der Waals surface area contributed by atoms with Crippen molar-refractivity contribution in [2.24, 2.45) is 11.8 Å². The molecule has 0 heterocycles. The third-order valence-electron chi connectivity index (χ3n) is 2.84. The van der Waals surface area contributed by atoms with Gasteiger partial charge in [-0.15, -0.1) is 0 Å². The Morgan fingerprint density at radius 2 is 2.20 bits per heavy atom. The van der Waals surface area contributed by atoms with E-state index < -0.39 is 17.8 Å². The highest BCUT2D eigenvalue weighted by molar-refractivity contribution is 5.86. The van der Waals surface area contributed by atoms with Crippen LogP contribution in [0.4, 0.5) is 8.78 Å². The number of unbranched alkanes of at least 4 members (excludes halogenated alkanes) is 1. The predicted molar refractivity (Wildman–Crippen MR) is 51.3 cm³/mol. The van der Waals surface area contributed by atoms with Crippen LogP contribution in [0.5, 0.6) is 0 Å². The van der Waals surface area contributed by atoms with Gasteiger partial charge in [-0.2, -0.15) is 5.26 Å². The molecule has 15 heavy (non-hydrogen) atoms. The highest BCUT2D eigenvalue weighted by Gasteiger charge is 2.49. The van der Waals surface area contributed by atoms with Crippen molar-refractivity contribution in [1.82, 2.24) is 0 Å². The SMILES string of the molecule is CCCCC(C#N)C(=O)C1CC(F)(F)C1. The Balaban J connectivity index is 2.42. The maximum absolute atomic E-state index is 12.5. The first kappa shape index (κ1) is 12.1. The molecule has 4 heteroatoms. The molecule has 0 saturated heterocycles. The van der Waals surface area contributed by atoms with Gasteiger partial charge in [0.1, 0.15) is 5.92 Å². The van der Waals surface area contributed by atoms with Gasteiger partial charge in [0.25, 0.3) is 0 Å². The number of Topliss-reactive ketones (excluding diaryl/α,β-unsaturated/α-hetero) is 1. The van der Waals surface area contributed by atoms with Gasteiger partial charge in [-0.3, -0.25) is 4.79 Å². The summed E-state index contributed by atoms with van der Waals surface area (Å²) >= 11 is 0. The zero-order valence-electron chi connectivity index (χ0n) is 8.80. The summed E-state index contributed by atoms with van der Waals surface area (Å²) in [5.41, 5.74) is 0. The van der Waals surface area contributed by atoms with E-state index in [1.165, 1.54) is 0 Å². The lowest BCUT2D eigenvalue weighted by atomic mass is 9.74. The molecule has 84 valence electrons. The molecular weight excluding hydrogens is 200 g/mol. The predicted octanol–water partition coefficient (Wildman–Crippen LogP) is 2.93. The lowest BCUT2D eigenvalue weighted by Gasteiger charge is -2.34. The number of hydrogen-bond acceptors (Lipinski definition) is 2. The Kier molecular flexibility index (Phi) is 3.78. The fourth-order valence-electron chi connectivity index (χ4n) is 1.83. The molecule has 1 saturated carbocycles. The second kappa shape index (κ2) is 4.69. The number of nitrogens with zero attached hydrogens (tertiary/aromatic N) is 1. The number of halogens is 2. The molecule has 0 aliphatic heterocycles. The second-order valence-electron chi connectivity index (χ2n) is 4.19. The van der Waals surface area contributed by atoms with Gasteiger partial charge in [-0.05, 0) is 6.42 Å². The van der Waals surface area contributed by atoms with Gasteiger partial charge >= 0.3 is 0 Å². The summed E-state index contributed by atoms with van der Waals surface area (Å²) in [7, 11) is 0. The average Bonchev–Trinajstić information content (AvgIpc) is 2.15. The molecule has 1 unspecified atom stereocenters. The van der Waals surface area contributed by atoms with Crippen LogP contribution in [0.3, 0.4) is 0 Å². The van der Waals surface area contributed by atoms with Gasteiger partial charge in [-0.1, -0.05) is 19.8 Å². The zero-order chi connectivity index (χ0) is 11.5. The van der Waals surface area contributed by atoms with Gasteiger partial charge < -0.3 is 0 Å². The van der Waals surface area contributed by atoms with Crippen molar-refractivity contribution in [2.45, 2.75) is 45.0 Å². The van der Waals surface area contributed by atoms with Crippen LogP contribution >= 0.6 is 0 Å². The van der Waals surface area contributed by atoms with E-state index in [1.807, 2.05) is 13.0 Å². The third-order valence-corrected chi connectivity index (χ3v) is 2.84. The molecule has 0 radical (unpaired) electrons. The first-order chi connectivity index (χ1) is 7.00. The van der Waals surface area contributed by atoms with Crippen LogP contribution < -0.4 is 0 Å². The lowest BCUT2D eigenvalue weighted by molar-refractivity contribution is -0.150. The molecule has 0 aromatic rings. The van der Waals surface area contributed by atoms with Gasteiger partial charge in [0.05, 0.1) is 6.07 Å². The van der Waals surface area contributed by atoms with Gasteiger partial charge in [0.15, 0.2) is 5.78 Å². The van der Waals surface area contributed by atoms with Crippen LogP contribution in [0.1, 0.15) is 39.0 Å². The van der Waals surface area contributed by atoms with E-state index in [1.54, 1.807) is 0 Å². The number of alkyl halides is 2. The number of hydrogen-bond donors (Lipinski definition) is 0. The highest BCUT2D eigenvalue weighted by atomic mass is 19.3. The Hall–Kier alpha value is -0.980. The van der Waals surface area contributed by atoms with Crippen LogP contribution in [-0.2, 0) is 4.79 Å². The maximum atomic E-state index is 12.5. The molecule has 1 fully saturated rings. The van der Waals surface area contributed by atoms with Crippen molar-refractivity contribution in [1.29, 1.82) is 5.26 Å². The Bertz CT molecular complexity index is 275. The van der Waals surface area contributed by atoms with Crippen LogP contribution in [0.15, 0.2) is 0 Å². The van der Waals surface area contributed by atoms with Crippen molar-refractivity contribution in [3.8, 4) is 6.07 Å². The summed E-state index contributed by atoms with van der Waals surface area (Å²) in [4.78, 5) is 11.6. The summed E-state index contributed by atoms with van der Waals surface area (Å²) in [6.45, 7) is 1.97. The minimum atomic E-state index is -2.68. The van der Waals surface area contributed by atoms with E-state index in [9.17, 15) is 13.6 Å². The van der Waals surface area contributed by atoms with E-state index in [4.69, 9.17) is 5.26 Å². The number of ketones is 1. The topological polar surface area (TPSA) is 40.9 Å². The van der Waals surface area contributed by atoms with E-state index in [0.29, 0.717) is 6.42 Å². The lowest BCUT2D eigenvalue weighted by Crippen LogP contribution is -2.42. The Labute approximate surface area is 88.3 Å². The molecule has 2 nitrogen and oxygen atoms in total. The van der Waals surface area contributed by atoms with E-state index >= 15 is 0 Å². The Morgan fingerprint density at radius 3 is 2.60 bits per heavy atom.